The number of aromatic hydroxyl groups is 3. The lowest BCUT2D eigenvalue weighted by atomic mass is 9.67. The van der Waals surface area contributed by atoms with E-state index in [9.17, 15) is 15.3 Å². The average molecular weight is 284 g/mol. The first-order chi connectivity index (χ1) is 9.99. The summed E-state index contributed by atoms with van der Waals surface area (Å²) in [7, 11) is 0. The highest BCUT2D eigenvalue weighted by Gasteiger charge is 2.35. The largest absolute Gasteiger partial charge is 0.508 e. The summed E-state index contributed by atoms with van der Waals surface area (Å²) in [6.45, 7) is 4.39. The Kier molecular flexibility index (Phi) is 3.28. The SMILES string of the molecule is C[C@H]1[C@H](c2ccc(O)cc2)c2c(ccc(O)c2O)C[C@H]1C. The van der Waals surface area contributed by atoms with Gasteiger partial charge in [-0.2, -0.15) is 0 Å². The maximum atomic E-state index is 10.3. The van der Waals surface area contributed by atoms with Crippen LogP contribution in [0.15, 0.2) is 36.4 Å². The van der Waals surface area contributed by atoms with E-state index in [-0.39, 0.29) is 23.2 Å². The molecule has 0 fully saturated rings. The standard InChI is InChI=1S/C18H20O3/c1-10-9-13-5-8-15(20)18(21)17(13)16(11(10)2)12-3-6-14(19)7-4-12/h3-8,10-11,16,19-21H,9H2,1-2H3/t10-,11-,16-/m1/s1. The van der Waals surface area contributed by atoms with Crippen LogP contribution in [0.5, 0.6) is 17.2 Å². The van der Waals surface area contributed by atoms with Crippen LogP contribution < -0.4 is 0 Å². The summed E-state index contributed by atoms with van der Waals surface area (Å²) in [5.41, 5.74) is 2.97. The first-order valence-electron chi connectivity index (χ1n) is 7.31. The van der Waals surface area contributed by atoms with Crippen LogP contribution in [0.25, 0.3) is 0 Å². The van der Waals surface area contributed by atoms with Gasteiger partial charge in [0.15, 0.2) is 11.5 Å². The van der Waals surface area contributed by atoms with E-state index in [1.54, 1.807) is 18.2 Å². The third kappa shape index (κ3) is 2.23. The van der Waals surface area contributed by atoms with Crippen molar-refractivity contribution in [3.63, 3.8) is 0 Å². The summed E-state index contributed by atoms with van der Waals surface area (Å²) in [5, 5.41) is 29.7. The third-order valence-electron chi connectivity index (χ3n) is 4.81. The molecule has 1 aliphatic carbocycles. The number of fused-ring (bicyclic) bond motifs is 1. The molecule has 3 nitrogen and oxygen atoms in total. The highest BCUT2D eigenvalue weighted by molar-refractivity contribution is 5.55. The summed E-state index contributed by atoms with van der Waals surface area (Å²) in [5.74, 6) is 1.01. The molecule has 0 aliphatic heterocycles. The number of hydrogen-bond acceptors (Lipinski definition) is 3. The van der Waals surface area contributed by atoms with Crippen molar-refractivity contribution in [1.29, 1.82) is 0 Å². The van der Waals surface area contributed by atoms with Crippen LogP contribution in [0, 0.1) is 11.8 Å². The zero-order valence-corrected chi connectivity index (χ0v) is 12.2. The van der Waals surface area contributed by atoms with Gasteiger partial charge < -0.3 is 15.3 Å². The normalized spacial score (nSPS) is 24.6. The average Bonchev–Trinajstić information content (AvgIpc) is 2.46. The second-order valence-corrected chi connectivity index (χ2v) is 6.12. The Hall–Kier alpha value is -2.16. The summed E-state index contributed by atoms with van der Waals surface area (Å²) in [4.78, 5) is 0. The van der Waals surface area contributed by atoms with E-state index in [2.05, 4.69) is 13.8 Å². The summed E-state index contributed by atoms with van der Waals surface area (Å²) in [6.07, 6.45) is 0.902. The minimum atomic E-state index is -0.0701. The first-order valence-corrected chi connectivity index (χ1v) is 7.31. The Morgan fingerprint density at radius 2 is 1.57 bits per heavy atom. The topological polar surface area (TPSA) is 60.7 Å². The molecule has 3 N–H and O–H groups in total. The van der Waals surface area contributed by atoms with Crippen molar-refractivity contribution in [2.75, 3.05) is 0 Å². The highest BCUT2D eigenvalue weighted by Crippen LogP contribution is 2.49. The smallest absolute Gasteiger partial charge is 0.161 e. The summed E-state index contributed by atoms with van der Waals surface area (Å²) < 4.78 is 0. The summed E-state index contributed by atoms with van der Waals surface area (Å²) in [6, 6.07) is 10.6. The van der Waals surface area contributed by atoms with Crippen molar-refractivity contribution in [1.82, 2.24) is 0 Å². The molecule has 0 saturated heterocycles. The number of hydrogen-bond donors (Lipinski definition) is 3. The van der Waals surface area contributed by atoms with Crippen molar-refractivity contribution in [3.05, 3.63) is 53.1 Å². The molecule has 0 heterocycles. The van der Waals surface area contributed by atoms with Crippen LogP contribution in [0.3, 0.4) is 0 Å². The van der Waals surface area contributed by atoms with Gasteiger partial charge in [-0.05, 0) is 47.6 Å². The fourth-order valence-corrected chi connectivity index (χ4v) is 3.44. The Morgan fingerprint density at radius 1 is 0.905 bits per heavy atom. The Bertz CT molecular complexity index is 661. The van der Waals surface area contributed by atoms with Crippen molar-refractivity contribution in [2.45, 2.75) is 26.2 Å². The number of phenols is 3. The Balaban J connectivity index is 2.19. The number of benzene rings is 2. The monoisotopic (exact) mass is 284 g/mol. The van der Waals surface area contributed by atoms with E-state index >= 15 is 0 Å². The second kappa shape index (κ2) is 4.99. The molecule has 0 radical (unpaired) electrons. The van der Waals surface area contributed by atoms with E-state index in [4.69, 9.17) is 0 Å². The van der Waals surface area contributed by atoms with Crippen LogP contribution in [0.4, 0.5) is 0 Å². The van der Waals surface area contributed by atoms with Gasteiger partial charge in [0.25, 0.3) is 0 Å². The van der Waals surface area contributed by atoms with E-state index in [1.165, 1.54) is 0 Å². The van der Waals surface area contributed by atoms with Crippen LogP contribution in [-0.4, -0.2) is 15.3 Å². The molecule has 0 unspecified atom stereocenters. The molecule has 3 heteroatoms. The van der Waals surface area contributed by atoms with Crippen LogP contribution >= 0.6 is 0 Å². The Labute approximate surface area is 124 Å². The lowest BCUT2D eigenvalue weighted by molar-refractivity contribution is 0.312. The molecular weight excluding hydrogens is 264 g/mol. The molecule has 2 aromatic rings. The second-order valence-electron chi connectivity index (χ2n) is 6.12. The highest BCUT2D eigenvalue weighted by atomic mass is 16.3. The van der Waals surface area contributed by atoms with Crippen molar-refractivity contribution in [3.8, 4) is 17.2 Å². The molecule has 0 amide bonds. The van der Waals surface area contributed by atoms with Gasteiger partial charge in [0.1, 0.15) is 5.75 Å². The minimum absolute atomic E-state index is 0.00988. The molecule has 21 heavy (non-hydrogen) atoms. The molecule has 0 aromatic heterocycles. The molecule has 3 rings (SSSR count). The molecule has 1 aliphatic rings. The van der Waals surface area contributed by atoms with E-state index in [1.807, 2.05) is 18.2 Å². The number of phenolic OH excluding ortho intramolecular Hbond substituents is 3. The molecule has 3 atom stereocenters. The zero-order chi connectivity index (χ0) is 15.1. The van der Waals surface area contributed by atoms with Crippen molar-refractivity contribution < 1.29 is 15.3 Å². The van der Waals surface area contributed by atoms with Crippen LogP contribution in [0.1, 0.15) is 36.5 Å². The van der Waals surface area contributed by atoms with Gasteiger partial charge in [-0.1, -0.05) is 32.0 Å². The quantitative estimate of drug-likeness (QED) is 0.699. The molecule has 0 spiro atoms. The molecule has 110 valence electrons. The fourth-order valence-electron chi connectivity index (χ4n) is 3.44. The predicted molar refractivity (Wildman–Crippen MR) is 81.8 cm³/mol. The van der Waals surface area contributed by atoms with Gasteiger partial charge in [-0.25, -0.2) is 0 Å². The minimum Gasteiger partial charge on any atom is -0.508 e. The first kappa shape index (κ1) is 13.8. The van der Waals surface area contributed by atoms with E-state index < -0.39 is 0 Å². The van der Waals surface area contributed by atoms with Gasteiger partial charge in [-0.15, -0.1) is 0 Å². The van der Waals surface area contributed by atoms with E-state index in [0.29, 0.717) is 11.8 Å². The van der Waals surface area contributed by atoms with Gasteiger partial charge >= 0.3 is 0 Å². The molecular formula is C18H20O3. The number of rotatable bonds is 1. The van der Waals surface area contributed by atoms with Crippen molar-refractivity contribution in [2.24, 2.45) is 11.8 Å². The maximum absolute atomic E-state index is 10.3. The predicted octanol–water partition coefficient (Wildman–Crippen LogP) is 3.76. The fraction of sp³-hybridized carbons (Fsp3) is 0.333. The van der Waals surface area contributed by atoms with Crippen LogP contribution in [0.2, 0.25) is 0 Å². The van der Waals surface area contributed by atoms with E-state index in [0.717, 1.165) is 23.1 Å². The van der Waals surface area contributed by atoms with Gasteiger partial charge in [0.2, 0.25) is 0 Å². The Morgan fingerprint density at radius 3 is 2.24 bits per heavy atom. The van der Waals surface area contributed by atoms with Gasteiger partial charge in [-0.3, -0.25) is 0 Å². The van der Waals surface area contributed by atoms with Crippen LogP contribution in [-0.2, 0) is 6.42 Å². The molecule has 0 saturated carbocycles. The lowest BCUT2D eigenvalue weighted by Gasteiger charge is -2.37. The molecule has 0 bridgehead atoms. The summed E-state index contributed by atoms with van der Waals surface area (Å²) >= 11 is 0. The van der Waals surface area contributed by atoms with Gasteiger partial charge in [0, 0.05) is 11.5 Å². The van der Waals surface area contributed by atoms with Crippen molar-refractivity contribution >= 4 is 0 Å². The third-order valence-corrected chi connectivity index (χ3v) is 4.81. The lowest BCUT2D eigenvalue weighted by Crippen LogP contribution is -2.26. The maximum Gasteiger partial charge on any atom is 0.161 e. The zero-order valence-electron chi connectivity index (χ0n) is 12.2. The molecule has 2 aromatic carbocycles. The van der Waals surface area contributed by atoms with Gasteiger partial charge in [0.05, 0.1) is 0 Å².